The summed E-state index contributed by atoms with van der Waals surface area (Å²) in [6.07, 6.45) is 2.82. The number of aliphatic carboxylic acids is 1. The zero-order chi connectivity index (χ0) is 14.1. The summed E-state index contributed by atoms with van der Waals surface area (Å²) in [5.41, 5.74) is 1.18. The molecule has 0 spiro atoms. The SMILES string of the molecule is CCCN(CCCc1ccccc1OC)CC(=O)O. The first kappa shape index (κ1) is 15.5. The Kier molecular flexibility index (Phi) is 6.97. The molecule has 19 heavy (non-hydrogen) atoms. The average Bonchev–Trinajstić information content (AvgIpc) is 2.39. The van der Waals surface area contributed by atoms with Gasteiger partial charge in [-0.2, -0.15) is 0 Å². The van der Waals surface area contributed by atoms with Crippen molar-refractivity contribution in [3.05, 3.63) is 29.8 Å². The third-order valence-electron chi connectivity index (χ3n) is 3.01. The van der Waals surface area contributed by atoms with Crippen molar-refractivity contribution in [2.24, 2.45) is 0 Å². The first-order valence-corrected chi connectivity index (χ1v) is 6.73. The van der Waals surface area contributed by atoms with Crippen molar-refractivity contribution in [2.75, 3.05) is 26.7 Å². The molecular formula is C15H23NO3. The van der Waals surface area contributed by atoms with Crippen LogP contribution in [0, 0.1) is 0 Å². The highest BCUT2D eigenvalue weighted by atomic mass is 16.5. The van der Waals surface area contributed by atoms with Crippen LogP contribution in [0.15, 0.2) is 24.3 Å². The molecule has 0 saturated carbocycles. The van der Waals surface area contributed by atoms with Gasteiger partial charge < -0.3 is 9.84 Å². The quantitative estimate of drug-likeness (QED) is 0.745. The molecule has 0 heterocycles. The van der Waals surface area contributed by atoms with Crippen molar-refractivity contribution in [1.29, 1.82) is 0 Å². The molecule has 4 heteroatoms. The third kappa shape index (κ3) is 5.75. The van der Waals surface area contributed by atoms with Gasteiger partial charge in [0.15, 0.2) is 0 Å². The zero-order valence-corrected chi connectivity index (χ0v) is 11.8. The van der Waals surface area contributed by atoms with E-state index in [1.54, 1.807) is 7.11 Å². The maximum atomic E-state index is 10.8. The molecule has 0 radical (unpaired) electrons. The van der Waals surface area contributed by atoms with Gasteiger partial charge in [0.05, 0.1) is 13.7 Å². The van der Waals surface area contributed by atoms with Gasteiger partial charge >= 0.3 is 5.97 Å². The minimum atomic E-state index is -0.759. The Morgan fingerprint density at radius 3 is 2.68 bits per heavy atom. The summed E-state index contributed by atoms with van der Waals surface area (Å²) in [6, 6.07) is 7.96. The van der Waals surface area contributed by atoms with Crippen molar-refractivity contribution in [2.45, 2.75) is 26.2 Å². The maximum absolute atomic E-state index is 10.8. The molecule has 0 aliphatic carbocycles. The van der Waals surface area contributed by atoms with Crippen molar-refractivity contribution in [3.8, 4) is 5.75 Å². The Morgan fingerprint density at radius 2 is 2.05 bits per heavy atom. The highest BCUT2D eigenvalue weighted by molar-refractivity contribution is 5.69. The molecule has 1 aromatic carbocycles. The number of hydrogen-bond donors (Lipinski definition) is 1. The van der Waals surface area contributed by atoms with E-state index in [2.05, 4.69) is 13.0 Å². The monoisotopic (exact) mass is 265 g/mol. The molecule has 0 bridgehead atoms. The lowest BCUT2D eigenvalue weighted by molar-refractivity contribution is -0.138. The molecule has 1 N–H and O–H groups in total. The summed E-state index contributed by atoms with van der Waals surface area (Å²) in [7, 11) is 1.67. The Morgan fingerprint density at radius 1 is 1.32 bits per heavy atom. The van der Waals surface area contributed by atoms with E-state index in [0.29, 0.717) is 0 Å². The molecule has 0 amide bonds. The minimum Gasteiger partial charge on any atom is -0.496 e. The lowest BCUT2D eigenvalue weighted by Crippen LogP contribution is -2.31. The van der Waals surface area contributed by atoms with Crippen molar-refractivity contribution in [1.82, 2.24) is 4.90 Å². The van der Waals surface area contributed by atoms with E-state index in [1.807, 2.05) is 23.1 Å². The Bertz CT molecular complexity index is 393. The fraction of sp³-hybridized carbons (Fsp3) is 0.533. The van der Waals surface area contributed by atoms with Crippen LogP contribution in [0.1, 0.15) is 25.3 Å². The van der Waals surface area contributed by atoms with Crippen LogP contribution in [0.3, 0.4) is 0 Å². The van der Waals surface area contributed by atoms with Crippen LogP contribution in [-0.4, -0.2) is 42.7 Å². The Balaban J connectivity index is 2.44. The van der Waals surface area contributed by atoms with E-state index in [0.717, 1.165) is 38.1 Å². The topological polar surface area (TPSA) is 49.8 Å². The molecule has 4 nitrogen and oxygen atoms in total. The van der Waals surface area contributed by atoms with E-state index in [4.69, 9.17) is 9.84 Å². The number of carbonyl (C=O) groups is 1. The van der Waals surface area contributed by atoms with E-state index in [9.17, 15) is 4.79 Å². The van der Waals surface area contributed by atoms with Crippen LogP contribution in [0.4, 0.5) is 0 Å². The van der Waals surface area contributed by atoms with Crippen molar-refractivity contribution < 1.29 is 14.6 Å². The largest absolute Gasteiger partial charge is 0.496 e. The number of rotatable bonds is 9. The summed E-state index contributed by atoms with van der Waals surface area (Å²) in [5, 5.41) is 8.85. The van der Waals surface area contributed by atoms with Gasteiger partial charge in [-0.25, -0.2) is 0 Å². The molecule has 0 saturated heterocycles. The van der Waals surface area contributed by atoms with Crippen LogP contribution < -0.4 is 4.74 Å². The molecule has 106 valence electrons. The fourth-order valence-corrected chi connectivity index (χ4v) is 2.18. The van der Waals surface area contributed by atoms with Crippen LogP contribution in [-0.2, 0) is 11.2 Å². The molecule has 0 aliphatic rings. The first-order chi connectivity index (χ1) is 9.17. The molecule has 0 unspecified atom stereocenters. The molecule has 0 atom stereocenters. The van der Waals surface area contributed by atoms with Gasteiger partial charge in [-0.1, -0.05) is 25.1 Å². The van der Waals surface area contributed by atoms with Gasteiger partial charge in [0.1, 0.15) is 5.75 Å². The van der Waals surface area contributed by atoms with Crippen LogP contribution >= 0.6 is 0 Å². The molecule has 0 aromatic heterocycles. The van der Waals surface area contributed by atoms with Gasteiger partial charge in [0.25, 0.3) is 0 Å². The highest BCUT2D eigenvalue weighted by Gasteiger charge is 2.09. The standard InChI is InChI=1S/C15H23NO3/c1-3-10-16(12-15(17)18)11-6-8-13-7-4-5-9-14(13)19-2/h4-5,7,9H,3,6,8,10-12H2,1-2H3,(H,17,18). The molecule has 0 fully saturated rings. The number of ether oxygens (including phenoxy) is 1. The number of benzene rings is 1. The predicted molar refractivity (Wildman–Crippen MR) is 75.7 cm³/mol. The maximum Gasteiger partial charge on any atom is 0.317 e. The highest BCUT2D eigenvalue weighted by Crippen LogP contribution is 2.18. The summed E-state index contributed by atoms with van der Waals surface area (Å²) in [5.74, 6) is 0.147. The summed E-state index contributed by atoms with van der Waals surface area (Å²) in [4.78, 5) is 12.7. The third-order valence-corrected chi connectivity index (χ3v) is 3.01. The van der Waals surface area contributed by atoms with Crippen LogP contribution in [0.5, 0.6) is 5.75 Å². The second kappa shape index (κ2) is 8.53. The number of methoxy groups -OCH3 is 1. The van der Waals surface area contributed by atoms with Gasteiger partial charge in [-0.3, -0.25) is 9.69 Å². The molecule has 1 rings (SSSR count). The first-order valence-electron chi connectivity index (χ1n) is 6.73. The summed E-state index contributed by atoms with van der Waals surface area (Å²) < 4.78 is 5.31. The predicted octanol–water partition coefficient (Wildman–Crippen LogP) is 2.42. The van der Waals surface area contributed by atoms with Crippen LogP contribution in [0.2, 0.25) is 0 Å². The molecule has 0 aliphatic heterocycles. The lowest BCUT2D eigenvalue weighted by Gasteiger charge is -2.19. The lowest BCUT2D eigenvalue weighted by atomic mass is 10.1. The number of para-hydroxylation sites is 1. The van der Waals surface area contributed by atoms with Crippen molar-refractivity contribution >= 4 is 5.97 Å². The summed E-state index contributed by atoms with van der Waals surface area (Å²) in [6.45, 7) is 3.82. The number of carboxylic acids is 1. The van der Waals surface area contributed by atoms with E-state index in [-0.39, 0.29) is 6.54 Å². The summed E-state index contributed by atoms with van der Waals surface area (Å²) >= 11 is 0. The van der Waals surface area contributed by atoms with E-state index in [1.165, 1.54) is 5.56 Å². The number of carboxylic acid groups (broad SMARTS) is 1. The van der Waals surface area contributed by atoms with Gasteiger partial charge in [-0.05, 0) is 44.0 Å². The normalized spacial score (nSPS) is 10.7. The van der Waals surface area contributed by atoms with Gasteiger partial charge in [0, 0.05) is 0 Å². The number of nitrogens with zero attached hydrogens (tertiary/aromatic N) is 1. The second-order valence-corrected chi connectivity index (χ2v) is 4.59. The zero-order valence-electron chi connectivity index (χ0n) is 11.8. The van der Waals surface area contributed by atoms with Crippen molar-refractivity contribution in [3.63, 3.8) is 0 Å². The Hall–Kier alpha value is -1.55. The number of aryl methyl sites for hydroxylation is 1. The smallest absolute Gasteiger partial charge is 0.317 e. The second-order valence-electron chi connectivity index (χ2n) is 4.59. The van der Waals surface area contributed by atoms with Gasteiger partial charge in [-0.15, -0.1) is 0 Å². The number of hydrogen-bond acceptors (Lipinski definition) is 3. The molecular weight excluding hydrogens is 242 g/mol. The Labute approximate surface area is 115 Å². The van der Waals surface area contributed by atoms with E-state index < -0.39 is 5.97 Å². The van der Waals surface area contributed by atoms with Gasteiger partial charge in [0.2, 0.25) is 0 Å². The van der Waals surface area contributed by atoms with E-state index >= 15 is 0 Å². The minimum absolute atomic E-state index is 0.125. The molecule has 1 aromatic rings. The van der Waals surface area contributed by atoms with Crippen LogP contribution in [0.25, 0.3) is 0 Å². The average molecular weight is 265 g/mol. The fourth-order valence-electron chi connectivity index (χ4n) is 2.18.